The van der Waals surface area contributed by atoms with Gasteiger partial charge in [-0.15, -0.1) is 0 Å². The van der Waals surface area contributed by atoms with Crippen molar-refractivity contribution in [3.05, 3.63) is 92.5 Å². The molecule has 1 N–H and O–H groups in total. The van der Waals surface area contributed by atoms with Crippen molar-refractivity contribution in [2.24, 2.45) is 0 Å². The van der Waals surface area contributed by atoms with Gasteiger partial charge in [0.2, 0.25) is 0 Å². The Hall–Kier alpha value is -3.09. The maximum absolute atomic E-state index is 12.2. The summed E-state index contributed by atoms with van der Waals surface area (Å²) in [5.41, 5.74) is 0.560. The highest BCUT2D eigenvalue weighted by atomic mass is 35.5. The van der Waals surface area contributed by atoms with Crippen LogP contribution < -0.4 is 10.1 Å². The van der Waals surface area contributed by atoms with Gasteiger partial charge in [-0.3, -0.25) is 14.9 Å². The minimum Gasteiger partial charge on any atom is -0.456 e. The first-order valence-electron chi connectivity index (χ1n) is 7.71. The molecule has 0 spiro atoms. The third-order valence-electron chi connectivity index (χ3n) is 3.55. The molecule has 3 rings (SSSR count). The number of carbonyl (C=O) groups is 1. The molecule has 0 saturated heterocycles. The fraction of sp³-hybridized carbons (Fsp3) is 0. The second kappa shape index (κ2) is 8.07. The number of nitro groups is 1. The molecule has 0 aliphatic carbocycles. The fourth-order valence-corrected chi connectivity index (χ4v) is 2.70. The van der Waals surface area contributed by atoms with E-state index in [-0.39, 0.29) is 11.3 Å². The fourth-order valence-electron chi connectivity index (χ4n) is 2.26. The molecule has 0 bridgehead atoms. The molecular formula is C19H12Cl2N2O4. The lowest BCUT2D eigenvalue weighted by molar-refractivity contribution is -0.384. The molecule has 0 atom stereocenters. The van der Waals surface area contributed by atoms with E-state index in [9.17, 15) is 14.9 Å². The van der Waals surface area contributed by atoms with E-state index in [1.165, 1.54) is 24.3 Å². The first-order valence-corrected chi connectivity index (χ1v) is 8.47. The highest BCUT2D eigenvalue weighted by molar-refractivity contribution is 6.35. The van der Waals surface area contributed by atoms with Gasteiger partial charge >= 0.3 is 0 Å². The Balaban J connectivity index is 1.69. The number of nitrogens with one attached hydrogen (secondary N) is 1. The molecule has 6 nitrogen and oxygen atoms in total. The van der Waals surface area contributed by atoms with Gasteiger partial charge in [-0.25, -0.2) is 0 Å². The Morgan fingerprint density at radius 3 is 2.41 bits per heavy atom. The van der Waals surface area contributed by atoms with Crippen LogP contribution in [-0.2, 0) is 0 Å². The number of rotatable bonds is 5. The van der Waals surface area contributed by atoms with Gasteiger partial charge < -0.3 is 10.1 Å². The monoisotopic (exact) mass is 402 g/mol. The molecule has 0 aliphatic heterocycles. The van der Waals surface area contributed by atoms with Crippen molar-refractivity contribution in [3.8, 4) is 11.5 Å². The Bertz CT molecular complexity index is 1010. The second-order valence-electron chi connectivity index (χ2n) is 5.46. The van der Waals surface area contributed by atoms with Crippen molar-refractivity contribution < 1.29 is 14.5 Å². The SMILES string of the molecule is O=C(Nc1ccc(Oc2ccc(Cl)cc2Cl)cc1)c1cccc([N+](=O)[O-])c1. The molecule has 1 amide bonds. The minimum atomic E-state index is -0.551. The second-order valence-corrected chi connectivity index (χ2v) is 6.31. The lowest BCUT2D eigenvalue weighted by Gasteiger charge is -2.09. The predicted molar refractivity (Wildman–Crippen MR) is 104 cm³/mol. The molecule has 27 heavy (non-hydrogen) atoms. The van der Waals surface area contributed by atoms with Gasteiger partial charge in [0, 0.05) is 28.4 Å². The van der Waals surface area contributed by atoms with Crippen LogP contribution in [0.25, 0.3) is 0 Å². The van der Waals surface area contributed by atoms with Gasteiger partial charge in [-0.05, 0) is 48.5 Å². The average Bonchev–Trinajstić information content (AvgIpc) is 2.65. The lowest BCUT2D eigenvalue weighted by Crippen LogP contribution is -2.11. The first kappa shape index (κ1) is 18.7. The van der Waals surface area contributed by atoms with Gasteiger partial charge in [0.1, 0.15) is 11.5 Å². The standard InChI is InChI=1S/C19H12Cl2N2O4/c20-13-4-9-18(17(21)11-13)27-16-7-5-14(6-8-16)22-19(24)12-2-1-3-15(10-12)23(25)26/h1-11H,(H,22,24). The summed E-state index contributed by atoms with van der Waals surface area (Å²) in [6.45, 7) is 0. The van der Waals surface area contributed by atoms with E-state index in [0.717, 1.165) is 0 Å². The van der Waals surface area contributed by atoms with Gasteiger partial charge in [0.15, 0.2) is 0 Å². The van der Waals surface area contributed by atoms with Crippen LogP contribution in [0.2, 0.25) is 10.0 Å². The number of halogens is 2. The molecule has 0 heterocycles. The Morgan fingerprint density at radius 2 is 1.74 bits per heavy atom. The topological polar surface area (TPSA) is 81.5 Å². The number of non-ortho nitro benzene ring substituents is 1. The highest BCUT2D eigenvalue weighted by Crippen LogP contribution is 2.32. The largest absolute Gasteiger partial charge is 0.456 e. The number of benzene rings is 3. The predicted octanol–water partition coefficient (Wildman–Crippen LogP) is 5.95. The summed E-state index contributed by atoms with van der Waals surface area (Å²) >= 11 is 11.9. The molecule has 0 aliphatic rings. The Kier molecular flexibility index (Phi) is 5.59. The van der Waals surface area contributed by atoms with Crippen molar-refractivity contribution >= 4 is 40.5 Å². The van der Waals surface area contributed by atoms with E-state index in [2.05, 4.69) is 5.32 Å². The maximum atomic E-state index is 12.2. The smallest absolute Gasteiger partial charge is 0.270 e. The molecule has 0 fully saturated rings. The highest BCUT2D eigenvalue weighted by Gasteiger charge is 2.12. The summed E-state index contributed by atoms with van der Waals surface area (Å²) in [7, 11) is 0. The number of amides is 1. The minimum absolute atomic E-state index is 0.147. The number of anilines is 1. The molecule has 0 aromatic heterocycles. The molecule has 3 aromatic rings. The normalized spacial score (nSPS) is 10.3. The van der Waals surface area contributed by atoms with Crippen LogP contribution in [0.15, 0.2) is 66.7 Å². The van der Waals surface area contributed by atoms with Crippen molar-refractivity contribution in [3.63, 3.8) is 0 Å². The Morgan fingerprint density at radius 1 is 1.00 bits per heavy atom. The summed E-state index contributed by atoms with van der Waals surface area (Å²) in [6.07, 6.45) is 0. The summed E-state index contributed by atoms with van der Waals surface area (Å²) in [6, 6.07) is 17.0. The van der Waals surface area contributed by atoms with E-state index in [1.807, 2.05) is 0 Å². The van der Waals surface area contributed by atoms with Crippen molar-refractivity contribution in [1.29, 1.82) is 0 Å². The number of ether oxygens (including phenoxy) is 1. The van der Waals surface area contributed by atoms with E-state index in [4.69, 9.17) is 27.9 Å². The van der Waals surface area contributed by atoms with Crippen LogP contribution in [0.1, 0.15) is 10.4 Å². The number of hydrogen-bond acceptors (Lipinski definition) is 4. The summed E-state index contributed by atoms with van der Waals surface area (Å²) < 4.78 is 5.67. The summed E-state index contributed by atoms with van der Waals surface area (Å²) in [5.74, 6) is 0.523. The first-order chi connectivity index (χ1) is 12.9. The molecule has 0 radical (unpaired) electrons. The van der Waals surface area contributed by atoms with Crippen LogP contribution in [0, 0.1) is 10.1 Å². The van der Waals surface area contributed by atoms with Gasteiger partial charge in [0.05, 0.1) is 9.95 Å². The summed E-state index contributed by atoms with van der Waals surface area (Å²) in [4.78, 5) is 22.5. The molecule has 8 heteroatoms. The van der Waals surface area contributed by atoms with Crippen LogP contribution >= 0.6 is 23.2 Å². The van der Waals surface area contributed by atoms with E-state index in [0.29, 0.717) is 27.2 Å². The molecule has 0 saturated carbocycles. The molecular weight excluding hydrogens is 391 g/mol. The van der Waals surface area contributed by atoms with Crippen molar-refractivity contribution in [1.82, 2.24) is 0 Å². The number of nitrogens with zero attached hydrogens (tertiary/aromatic N) is 1. The number of nitro benzene ring substituents is 1. The maximum Gasteiger partial charge on any atom is 0.270 e. The van der Waals surface area contributed by atoms with Gasteiger partial charge in [0.25, 0.3) is 11.6 Å². The van der Waals surface area contributed by atoms with Crippen LogP contribution in [-0.4, -0.2) is 10.8 Å². The summed E-state index contributed by atoms with van der Waals surface area (Å²) in [5, 5.41) is 14.4. The van der Waals surface area contributed by atoms with E-state index in [1.54, 1.807) is 42.5 Å². The molecule has 3 aromatic carbocycles. The van der Waals surface area contributed by atoms with Gasteiger partial charge in [-0.2, -0.15) is 0 Å². The van der Waals surface area contributed by atoms with Crippen molar-refractivity contribution in [2.45, 2.75) is 0 Å². The molecule has 0 unspecified atom stereocenters. The zero-order chi connectivity index (χ0) is 19.4. The van der Waals surface area contributed by atoms with Crippen LogP contribution in [0.3, 0.4) is 0 Å². The van der Waals surface area contributed by atoms with Crippen LogP contribution in [0.4, 0.5) is 11.4 Å². The average molecular weight is 403 g/mol. The number of hydrogen-bond donors (Lipinski definition) is 1. The quantitative estimate of drug-likeness (QED) is 0.422. The zero-order valence-corrected chi connectivity index (χ0v) is 15.2. The Labute approximate surface area is 164 Å². The third kappa shape index (κ3) is 4.75. The number of carbonyl (C=O) groups excluding carboxylic acids is 1. The van der Waals surface area contributed by atoms with Crippen LogP contribution in [0.5, 0.6) is 11.5 Å². The van der Waals surface area contributed by atoms with E-state index < -0.39 is 10.8 Å². The lowest BCUT2D eigenvalue weighted by atomic mass is 10.2. The third-order valence-corrected chi connectivity index (χ3v) is 4.08. The van der Waals surface area contributed by atoms with Gasteiger partial charge in [-0.1, -0.05) is 29.3 Å². The molecule has 136 valence electrons. The van der Waals surface area contributed by atoms with Crippen molar-refractivity contribution in [2.75, 3.05) is 5.32 Å². The van der Waals surface area contributed by atoms with E-state index >= 15 is 0 Å². The zero-order valence-electron chi connectivity index (χ0n) is 13.7.